The van der Waals surface area contributed by atoms with Crippen molar-refractivity contribution in [1.29, 1.82) is 0 Å². The average molecular weight is 351 g/mol. The van der Waals surface area contributed by atoms with Gasteiger partial charge in [0.25, 0.3) is 5.91 Å². The Kier molecular flexibility index (Phi) is 4.40. The molecule has 25 heavy (non-hydrogen) atoms. The number of fused-ring (bicyclic) bond motifs is 1. The smallest absolute Gasteiger partial charge is 0.262 e. The Morgan fingerprint density at radius 2 is 2.04 bits per heavy atom. The monoisotopic (exact) mass is 351 g/mol. The van der Waals surface area contributed by atoms with E-state index >= 15 is 0 Å². The number of aromatic nitrogens is 2. The van der Waals surface area contributed by atoms with Gasteiger partial charge in [-0.3, -0.25) is 4.79 Å². The summed E-state index contributed by atoms with van der Waals surface area (Å²) in [7, 11) is 1.95. The lowest BCUT2D eigenvalue weighted by Crippen LogP contribution is -2.30. The molecule has 4 nitrogen and oxygen atoms in total. The van der Waals surface area contributed by atoms with Crippen LogP contribution in [-0.2, 0) is 19.9 Å². The highest BCUT2D eigenvalue weighted by atomic mass is 32.1. The number of hydrogen-bond donors (Lipinski definition) is 1. The van der Waals surface area contributed by atoms with E-state index in [9.17, 15) is 4.79 Å². The lowest BCUT2D eigenvalue weighted by atomic mass is 9.99. The number of thiophene rings is 1. The van der Waals surface area contributed by atoms with E-state index in [0.717, 1.165) is 29.1 Å². The van der Waals surface area contributed by atoms with Crippen molar-refractivity contribution >= 4 is 17.2 Å². The molecule has 0 saturated heterocycles. The number of amides is 1. The number of benzene rings is 1. The Hall–Kier alpha value is -2.40. The van der Waals surface area contributed by atoms with Crippen molar-refractivity contribution in [2.75, 3.05) is 0 Å². The van der Waals surface area contributed by atoms with Gasteiger partial charge in [0.2, 0.25) is 0 Å². The summed E-state index contributed by atoms with van der Waals surface area (Å²) >= 11 is 1.64. The summed E-state index contributed by atoms with van der Waals surface area (Å²) in [5.41, 5.74) is 2.39. The summed E-state index contributed by atoms with van der Waals surface area (Å²) in [5.74, 6) is 0.817. The molecule has 128 valence electrons. The molecule has 2 heterocycles. The minimum atomic E-state index is -0.257. The second-order valence-corrected chi connectivity index (χ2v) is 7.62. The highest BCUT2D eigenvalue weighted by molar-refractivity contribution is 7.14. The summed E-state index contributed by atoms with van der Waals surface area (Å²) < 4.78 is 1.96. The largest absolute Gasteiger partial charge is 0.337 e. The van der Waals surface area contributed by atoms with E-state index in [1.54, 1.807) is 17.5 Å². The van der Waals surface area contributed by atoms with E-state index in [0.29, 0.717) is 0 Å². The van der Waals surface area contributed by atoms with E-state index in [4.69, 9.17) is 0 Å². The zero-order valence-electron chi connectivity index (χ0n) is 14.2. The Morgan fingerprint density at radius 3 is 2.76 bits per heavy atom. The standard InChI is InChI=1S/C20H21N3OS/c1-23-12-11-21-19(23)18(14-7-3-2-4-8-14)22-20(24)17-13-15-9-5-6-10-16(15)25-17/h2-4,7-8,11-13,18H,5-6,9-10H2,1H3,(H,22,24). The molecule has 0 radical (unpaired) electrons. The second kappa shape index (κ2) is 6.84. The van der Waals surface area contributed by atoms with Gasteiger partial charge in [-0.2, -0.15) is 0 Å². The van der Waals surface area contributed by atoms with Crippen molar-refractivity contribution in [3.05, 3.63) is 75.5 Å². The minimum absolute atomic E-state index is 0.0174. The highest BCUT2D eigenvalue weighted by Gasteiger charge is 2.23. The molecule has 0 aliphatic heterocycles. The SMILES string of the molecule is Cn1ccnc1C(NC(=O)c1cc2c(s1)CCCC2)c1ccccc1. The average Bonchev–Trinajstić information content (AvgIpc) is 3.26. The molecule has 1 atom stereocenters. The molecule has 1 aliphatic rings. The maximum atomic E-state index is 12.9. The van der Waals surface area contributed by atoms with Crippen LogP contribution < -0.4 is 5.32 Å². The number of imidazole rings is 1. The zero-order chi connectivity index (χ0) is 17.2. The first-order chi connectivity index (χ1) is 12.2. The van der Waals surface area contributed by atoms with E-state index < -0.39 is 0 Å². The summed E-state index contributed by atoms with van der Waals surface area (Å²) in [6.45, 7) is 0. The fourth-order valence-corrected chi connectivity index (χ4v) is 4.56. The van der Waals surface area contributed by atoms with Gasteiger partial charge in [0, 0.05) is 24.3 Å². The van der Waals surface area contributed by atoms with Crippen LogP contribution in [0.3, 0.4) is 0 Å². The summed E-state index contributed by atoms with van der Waals surface area (Å²) in [6, 6.07) is 11.8. The lowest BCUT2D eigenvalue weighted by Gasteiger charge is -2.18. The third-order valence-electron chi connectivity index (χ3n) is 4.75. The topological polar surface area (TPSA) is 46.9 Å². The van der Waals surface area contributed by atoms with Gasteiger partial charge < -0.3 is 9.88 Å². The van der Waals surface area contributed by atoms with E-state index in [1.165, 1.54) is 23.3 Å². The zero-order valence-corrected chi connectivity index (χ0v) is 15.1. The fraction of sp³-hybridized carbons (Fsp3) is 0.300. The third kappa shape index (κ3) is 3.24. The number of nitrogens with zero attached hydrogens (tertiary/aromatic N) is 2. The third-order valence-corrected chi connectivity index (χ3v) is 5.98. The molecule has 3 aromatic rings. The first-order valence-electron chi connectivity index (χ1n) is 8.67. The van der Waals surface area contributed by atoms with Crippen LogP contribution >= 0.6 is 11.3 Å². The molecule has 2 aromatic heterocycles. The number of aryl methyl sites for hydroxylation is 3. The molecule has 0 bridgehead atoms. The molecule has 5 heteroatoms. The van der Waals surface area contributed by atoms with Gasteiger partial charge in [0.15, 0.2) is 0 Å². The molecule has 0 fully saturated rings. The number of rotatable bonds is 4. The molecule has 0 saturated carbocycles. The van der Waals surface area contributed by atoms with Crippen LogP contribution in [-0.4, -0.2) is 15.5 Å². The lowest BCUT2D eigenvalue weighted by molar-refractivity contribution is 0.0945. The number of hydrogen-bond acceptors (Lipinski definition) is 3. The van der Waals surface area contributed by atoms with Crippen LogP contribution in [0.2, 0.25) is 0 Å². The molecule has 1 unspecified atom stereocenters. The van der Waals surface area contributed by atoms with Gasteiger partial charge in [0.1, 0.15) is 11.9 Å². The van der Waals surface area contributed by atoms with Crippen molar-refractivity contribution in [1.82, 2.24) is 14.9 Å². The summed E-state index contributed by atoms with van der Waals surface area (Å²) in [5, 5.41) is 3.19. The normalized spacial score (nSPS) is 14.8. The van der Waals surface area contributed by atoms with Crippen molar-refractivity contribution in [2.45, 2.75) is 31.7 Å². The highest BCUT2D eigenvalue weighted by Crippen LogP contribution is 2.30. The van der Waals surface area contributed by atoms with Crippen LogP contribution in [0.5, 0.6) is 0 Å². The first kappa shape index (κ1) is 16.1. The number of carbonyl (C=O) groups is 1. The van der Waals surface area contributed by atoms with Gasteiger partial charge in [-0.25, -0.2) is 4.98 Å². The van der Waals surface area contributed by atoms with Crippen LogP contribution in [0.15, 0.2) is 48.8 Å². The van der Waals surface area contributed by atoms with Crippen LogP contribution in [0.4, 0.5) is 0 Å². The van der Waals surface area contributed by atoms with E-state index in [-0.39, 0.29) is 11.9 Å². The fourth-order valence-electron chi connectivity index (χ4n) is 3.40. The summed E-state index contributed by atoms with van der Waals surface area (Å²) in [6.07, 6.45) is 8.33. The van der Waals surface area contributed by atoms with Gasteiger partial charge in [0.05, 0.1) is 4.88 Å². The number of nitrogens with one attached hydrogen (secondary N) is 1. The van der Waals surface area contributed by atoms with Gasteiger partial charge in [-0.15, -0.1) is 11.3 Å². The molecule has 1 amide bonds. The van der Waals surface area contributed by atoms with Crippen molar-refractivity contribution in [3.63, 3.8) is 0 Å². The minimum Gasteiger partial charge on any atom is -0.337 e. The Bertz CT molecular complexity index is 858. The molecule has 4 rings (SSSR count). The predicted molar refractivity (Wildman–Crippen MR) is 99.9 cm³/mol. The molecule has 1 aromatic carbocycles. The van der Waals surface area contributed by atoms with Crippen molar-refractivity contribution in [2.24, 2.45) is 7.05 Å². The maximum absolute atomic E-state index is 12.9. The Morgan fingerprint density at radius 1 is 1.24 bits per heavy atom. The number of carbonyl (C=O) groups excluding carboxylic acids is 1. The quantitative estimate of drug-likeness (QED) is 0.775. The molecular weight excluding hydrogens is 330 g/mol. The van der Waals surface area contributed by atoms with Crippen LogP contribution in [0.1, 0.15) is 50.4 Å². The predicted octanol–water partition coefficient (Wildman–Crippen LogP) is 3.88. The Labute approximate surface area is 151 Å². The molecular formula is C20H21N3OS. The van der Waals surface area contributed by atoms with Gasteiger partial charge >= 0.3 is 0 Å². The first-order valence-corrected chi connectivity index (χ1v) is 9.48. The maximum Gasteiger partial charge on any atom is 0.262 e. The second-order valence-electron chi connectivity index (χ2n) is 6.48. The van der Waals surface area contributed by atoms with Crippen LogP contribution in [0.25, 0.3) is 0 Å². The van der Waals surface area contributed by atoms with Crippen LogP contribution in [0, 0.1) is 0 Å². The van der Waals surface area contributed by atoms with Crippen molar-refractivity contribution < 1.29 is 4.79 Å². The van der Waals surface area contributed by atoms with Crippen molar-refractivity contribution in [3.8, 4) is 0 Å². The van der Waals surface area contributed by atoms with Gasteiger partial charge in [-0.1, -0.05) is 30.3 Å². The molecule has 1 N–H and O–H groups in total. The van der Waals surface area contributed by atoms with E-state index in [2.05, 4.69) is 16.4 Å². The van der Waals surface area contributed by atoms with E-state index in [1.807, 2.05) is 48.1 Å². The Balaban J connectivity index is 1.63. The van der Waals surface area contributed by atoms with Gasteiger partial charge in [-0.05, 0) is 42.9 Å². The molecule has 1 aliphatic carbocycles. The summed E-state index contributed by atoms with van der Waals surface area (Å²) in [4.78, 5) is 19.6. The molecule has 0 spiro atoms.